The van der Waals surface area contributed by atoms with E-state index >= 15 is 0 Å². The molecule has 3 aromatic rings. The topological polar surface area (TPSA) is 88.4 Å². The molecule has 4 rings (SSSR count). The van der Waals surface area contributed by atoms with Crippen molar-refractivity contribution in [2.75, 3.05) is 6.54 Å². The minimum atomic E-state index is -0.506. The fourth-order valence-electron chi connectivity index (χ4n) is 3.70. The van der Waals surface area contributed by atoms with Gasteiger partial charge in [-0.15, -0.1) is 10.2 Å². The zero-order valence-corrected chi connectivity index (χ0v) is 15.6. The molecule has 26 heavy (non-hydrogen) atoms. The highest BCUT2D eigenvalue weighted by Crippen LogP contribution is 2.33. The molecule has 1 saturated heterocycles. The number of aromatic amines is 1. The zero-order chi connectivity index (χ0) is 18.5. The van der Waals surface area contributed by atoms with Crippen molar-refractivity contribution in [2.45, 2.75) is 58.1 Å². The summed E-state index contributed by atoms with van der Waals surface area (Å²) in [4.78, 5) is 21.9. The Kier molecular flexibility index (Phi) is 3.86. The second kappa shape index (κ2) is 5.96. The predicted molar refractivity (Wildman–Crippen MR) is 97.0 cm³/mol. The maximum absolute atomic E-state index is 12.6. The van der Waals surface area contributed by atoms with Gasteiger partial charge in [-0.2, -0.15) is 0 Å². The fourth-order valence-corrected chi connectivity index (χ4v) is 3.70. The highest BCUT2D eigenvalue weighted by atomic mass is 16.6. The van der Waals surface area contributed by atoms with Crippen LogP contribution >= 0.6 is 0 Å². The number of aromatic nitrogens is 5. The van der Waals surface area contributed by atoms with E-state index in [0.717, 1.165) is 29.8 Å². The minimum absolute atomic E-state index is 0.0202. The smallest absolute Gasteiger partial charge is 0.410 e. The summed E-state index contributed by atoms with van der Waals surface area (Å²) in [6.07, 6.45) is 5.17. The van der Waals surface area contributed by atoms with Crippen LogP contribution in [0.5, 0.6) is 0 Å². The van der Waals surface area contributed by atoms with Gasteiger partial charge in [0.1, 0.15) is 11.4 Å². The summed E-state index contributed by atoms with van der Waals surface area (Å²) in [5.74, 6) is 0.958. The molecule has 1 fully saturated rings. The lowest BCUT2D eigenvalue weighted by Gasteiger charge is -2.39. The number of hydrogen-bond acceptors (Lipinski definition) is 5. The van der Waals surface area contributed by atoms with E-state index < -0.39 is 5.60 Å². The Morgan fingerprint density at radius 3 is 2.92 bits per heavy atom. The van der Waals surface area contributed by atoms with Crippen molar-refractivity contribution in [3.8, 4) is 0 Å². The number of nitrogens with one attached hydrogen (secondary N) is 1. The Morgan fingerprint density at radius 2 is 2.15 bits per heavy atom. The van der Waals surface area contributed by atoms with Gasteiger partial charge >= 0.3 is 6.09 Å². The van der Waals surface area contributed by atoms with E-state index in [2.05, 4.69) is 27.1 Å². The summed E-state index contributed by atoms with van der Waals surface area (Å²) in [5.41, 5.74) is 1.96. The van der Waals surface area contributed by atoms with Gasteiger partial charge in [-0.05, 0) is 46.6 Å². The molecule has 0 radical (unpaired) electrons. The molecule has 1 N–H and O–H groups in total. The molecule has 4 heterocycles. The first kappa shape index (κ1) is 16.8. The molecule has 2 atom stereocenters. The number of carbonyl (C=O) groups excluding carboxylic acids is 1. The van der Waals surface area contributed by atoms with Crippen LogP contribution in [0.2, 0.25) is 0 Å². The van der Waals surface area contributed by atoms with Crippen LogP contribution in [0.3, 0.4) is 0 Å². The molecule has 1 aliphatic heterocycles. The largest absolute Gasteiger partial charge is 0.444 e. The van der Waals surface area contributed by atoms with Crippen LogP contribution in [0.1, 0.15) is 52.3 Å². The standard InChI is InChI=1S/C18H24N6O2/c1-11-12(6-5-9-23(11)17(25)26-18(2,3)4)16-22-21-14-10-20-15-13(24(14)16)7-8-19-15/h7-8,10-12,19H,5-6,9H2,1-4H3. The van der Waals surface area contributed by atoms with Gasteiger partial charge in [0.15, 0.2) is 11.3 Å². The third kappa shape index (κ3) is 2.79. The molecule has 0 spiro atoms. The van der Waals surface area contributed by atoms with E-state index in [1.807, 2.05) is 42.3 Å². The summed E-state index contributed by atoms with van der Waals surface area (Å²) >= 11 is 0. The van der Waals surface area contributed by atoms with Crippen LogP contribution in [-0.2, 0) is 4.74 Å². The van der Waals surface area contributed by atoms with Crippen LogP contribution in [0.4, 0.5) is 4.79 Å². The van der Waals surface area contributed by atoms with E-state index in [1.165, 1.54) is 0 Å². The van der Waals surface area contributed by atoms with E-state index in [4.69, 9.17) is 4.74 Å². The third-order valence-corrected chi connectivity index (χ3v) is 4.91. The van der Waals surface area contributed by atoms with E-state index in [1.54, 1.807) is 6.20 Å². The molecule has 0 aromatic carbocycles. The Morgan fingerprint density at radius 1 is 1.35 bits per heavy atom. The maximum Gasteiger partial charge on any atom is 0.410 e. The third-order valence-electron chi connectivity index (χ3n) is 4.91. The second-order valence-corrected chi connectivity index (χ2v) is 7.88. The first-order valence-electron chi connectivity index (χ1n) is 9.02. The molecule has 3 aromatic heterocycles. The van der Waals surface area contributed by atoms with Crippen LogP contribution in [0.15, 0.2) is 18.5 Å². The summed E-state index contributed by atoms with van der Waals surface area (Å²) in [6, 6.07) is 1.95. The van der Waals surface area contributed by atoms with Crippen molar-refractivity contribution in [3.05, 3.63) is 24.3 Å². The molecule has 0 aliphatic carbocycles. The summed E-state index contributed by atoms with van der Waals surface area (Å²) in [7, 11) is 0. The molecule has 138 valence electrons. The number of nitrogens with zero attached hydrogens (tertiary/aromatic N) is 5. The molecule has 2 unspecified atom stereocenters. The van der Waals surface area contributed by atoms with Gasteiger partial charge in [0.2, 0.25) is 0 Å². The Balaban J connectivity index is 1.70. The van der Waals surface area contributed by atoms with Crippen molar-refractivity contribution in [3.63, 3.8) is 0 Å². The van der Waals surface area contributed by atoms with Crippen molar-refractivity contribution < 1.29 is 9.53 Å². The first-order valence-corrected chi connectivity index (χ1v) is 9.02. The SMILES string of the molecule is CC1C(c2nnc3cnc4[nH]ccc4n23)CCCN1C(=O)OC(C)(C)C. The first-order chi connectivity index (χ1) is 12.3. The van der Waals surface area contributed by atoms with Gasteiger partial charge in [0.05, 0.1) is 11.7 Å². The van der Waals surface area contributed by atoms with Crippen LogP contribution in [-0.4, -0.2) is 53.7 Å². The van der Waals surface area contributed by atoms with E-state index in [9.17, 15) is 4.79 Å². The lowest BCUT2D eigenvalue weighted by Crippen LogP contribution is -2.48. The predicted octanol–water partition coefficient (Wildman–Crippen LogP) is 3.11. The normalized spacial score (nSPS) is 21.5. The van der Waals surface area contributed by atoms with Gasteiger partial charge in [0, 0.05) is 24.7 Å². The van der Waals surface area contributed by atoms with Gasteiger partial charge in [-0.3, -0.25) is 4.40 Å². The van der Waals surface area contributed by atoms with Crippen LogP contribution < -0.4 is 0 Å². The fraction of sp³-hybridized carbons (Fsp3) is 0.556. The Bertz CT molecular complexity index is 954. The van der Waals surface area contributed by atoms with Crippen LogP contribution in [0, 0.1) is 0 Å². The number of piperidine rings is 1. The lowest BCUT2D eigenvalue weighted by molar-refractivity contribution is 0.00847. The number of amides is 1. The van der Waals surface area contributed by atoms with Crippen molar-refractivity contribution in [1.29, 1.82) is 0 Å². The average Bonchev–Trinajstić information content (AvgIpc) is 3.19. The summed E-state index contributed by atoms with van der Waals surface area (Å²) < 4.78 is 7.63. The molecule has 1 amide bonds. The molecule has 1 aliphatic rings. The van der Waals surface area contributed by atoms with E-state index in [0.29, 0.717) is 12.2 Å². The average molecular weight is 356 g/mol. The number of H-pyrrole nitrogens is 1. The molecule has 0 bridgehead atoms. The number of hydrogen-bond donors (Lipinski definition) is 1. The maximum atomic E-state index is 12.6. The number of likely N-dealkylation sites (tertiary alicyclic amines) is 1. The Labute approximate surface area is 151 Å². The minimum Gasteiger partial charge on any atom is -0.444 e. The molecular weight excluding hydrogens is 332 g/mol. The molecule has 8 heteroatoms. The highest BCUT2D eigenvalue weighted by Gasteiger charge is 2.37. The number of rotatable bonds is 1. The number of ether oxygens (including phenoxy) is 1. The van der Waals surface area contributed by atoms with Crippen molar-refractivity contribution in [2.24, 2.45) is 0 Å². The zero-order valence-electron chi connectivity index (χ0n) is 15.6. The van der Waals surface area contributed by atoms with Gasteiger partial charge in [-0.1, -0.05) is 0 Å². The Hall–Kier alpha value is -2.64. The van der Waals surface area contributed by atoms with Crippen molar-refractivity contribution in [1.82, 2.24) is 29.5 Å². The number of carbonyl (C=O) groups is 1. The molecule has 8 nitrogen and oxygen atoms in total. The number of fused-ring (bicyclic) bond motifs is 3. The van der Waals surface area contributed by atoms with Crippen LogP contribution in [0.25, 0.3) is 16.8 Å². The van der Waals surface area contributed by atoms with E-state index in [-0.39, 0.29) is 18.1 Å². The van der Waals surface area contributed by atoms with Gasteiger partial charge < -0.3 is 14.6 Å². The molecule has 0 saturated carbocycles. The molecular formula is C18H24N6O2. The monoisotopic (exact) mass is 356 g/mol. The summed E-state index contributed by atoms with van der Waals surface area (Å²) in [5, 5.41) is 8.74. The lowest BCUT2D eigenvalue weighted by atomic mass is 9.89. The summed E-state index contributed by atoms with van der Waals surface area (Å²) in [6.45, 7) is 8.42. The van der Waals surface area contributed by atoms with Gasteiger partial charge in [0.25, 0.3) is 0 Å². The quantitative estimate of drug-likeness (QED) is 0.724. The van der Waals surface area contributed by atoms with Gasteiger partial charge in [-0.25, -0.2) is 9.78 Å². The highest BCUT2D eigenvalue weighted by molar-refractivity contribution is 5.74. The second-order valence-electron chi connectivity index (χ2n) is 7.88. The van der Waals surface area contributed by atoms with Crippen molar-refractivity contribution >= 4 is 22.9 Å².